The number of benzene rings is 2. The van der Waals surface area contributed by atoms with E-state index in [9.17, 15) is 0 Å². The Morgan fingerprint density at radius 1 is 0.864 bits per heavy atom. The Hall–Kier alpha value is -1.64. The number of hydrogen-bond acceptors (Lipinski definition) is 2. The molecule has 0 saturated carbocycles. The van der Waals surface area contributed by atoms with Crippen LogP contribution in [0, 0.1) is 0 Å². The van der Waals surface area contributed by atoms with Crippen LogP contribution < -0.4 is 0 Å². The lowest BCUT2D eigenvalue weighted by Crippen LogP contribution is -2.46. The van der Waals surface area contributed by atoms with Crippen LogP contribution >= 0.6 is 0 Å². The molecule has 0 N–H and O–H groups in total. The third kappa shape index (κ3) is 2.69. The normalized spacial score (nSPS) is 25.6. The van der Waals surface area contributed by atoms with Gasteiger partial charge < -0.3 is 4.74 Å². The number of hydrogen-bond donors (Lipinski definition) is 0. The zero-order valence-electron chi connectivity index (χ0n) is 12.9. The number of nitrogens with zero attached hydrogens (tertiary/aromatic N) is 1. The first-order chi connectivity index (χ1) is 10.9. The average Bonchev–Trinajstić information content (AvgIpc) is 2.62. The molecule has 4 rings (SSSR count). The van der Waals surface area contributed by atoms with Crippen molar-refractivity contribution in [1.29, 1.82) is 0 Å². The van der Waals surface area contributed by atoms with Gasteiger partial charge in [-0.25, -0.2) is 0 Å². The first-order valence-electron chi connectivity index (χ1n) is 8.36. The van der Waals surface area contributed by atoms with Gasteiger partial charge in [0.15, 0.2) is 0 Å². The van der Waals surface area contributed by atoms with E-state index in [-0.39, 0.29) is 0 Å². The molecule has 114 valence electrons. The van der Waals surface area contributed by atoms with Crippen molar-refractivity contribution in [2.75, 3.05) is 26.3 Å². The van der Waals surface area contributed by atoms with E-state index in [1.54, 1.807) is 0 Å². The van der Waals surface area contributed by atoms with Gasteiger partial charge in [0.1, 0.15) is 0 Å². The molecule has 2 nitrogen and oxygen atoms in total. The first kappa shape index (κ1) is 14.0. The highest BCUT2D eigenvalue weighted by molar-refractivity contribution is 5.41. The van der Waals surface area contributed by atoms with Crippen LogP contribution in [0.5, 0.6) is 0 Å². The van der Waals surface area contributed by atoms with Crippen LogP contribution in [0.2, 0.25) is 0 Å². The second-order valence-electron chi connectivity index (χ2n) is 6.40. The van der Waals surface area contributed by atoms with Gasteiger partial charge in [0, 0.05) is 25.0 Å². The fraction of sp³-hybridized carbons (Fsp3) is 0.400. The van der Waals surface area contributed by atoms with E-state index in [0.717, 1.165) is 26.3 Å². The summed E-state index contributed by atoms with van der Waals surface area (Å²) in [4.78, 5) is 2.63. The molecule has 1 saturated heterocycles. The van der Waals surface area contributed by atoms with Crippen molar-refractivity contribution in [2.24, 2.45) is 0 Å². The van der Waals surface area contributed by atoms with Crippen molar-refractivity contribution in [3.8, 4) is 0 Å². The number of ether oxygens (including phenoxy) is 1. The standard InChI is InChI=1S/C20H23NO/c1-2-6-16(7-3-1)20-15-18(21-10-12-22-13-11-21)14-17-8-4-5-9-19(17)20/h1-9,18,20H,10-15H2/t18-,20-/m1/s1. The van der Waals surface area contributed by atoms with Crippen molar-refractivity contribution in [3.05, 3.63) is 71.3 Å². The Bertz CT molecular complexity index is 619. The van der Waals surface area contributed by atoms with Crippen molar-refractivity contribution in [1.82, 2.24) is 4.90 Å². The second-order valence-corrected chi connectivity index (χ2v) is 6.40. The molecule has 0 radical (unpaired) electrons. The molecule has 1 fully saturated rings. The Morgan fingerprint density at radius 3 is 2.41 bits per heavy atom. The summed E-state index contributed by atoms with van der Waals surface area (Å²) in [6.45, 7) is 3.92. The third-order valence-electron chi connectivity index (χ3n) is 5.16. The van der Waals surface area contributed by atoms with Crippen molar-refractivity contribution >= 4 is 0 Å². The molecule has 2 atom stereocenters. The van der Waals surface area contributed by atoms with Crippen LogP contribution in [0.3, 0.4) is 0 Å². The highest BCUT2D eigenvalue weighted by Gasteiger charge is 2.31. The lowest BCUT2D eigenvalue weighted by molar-refractivity contribution is 0.0126. The molecule has 0 amide bonds. The van der Waals surface area contributed by atoms with Gasteiger partial charge in [0.05, 0.1) is 13.2 Å². The molecule has 22 heavy (non-hydrogen) atoms. The molecule has 0 bridgehead atoms. The summed E-state index contributed by atoms with van der Waals surface area (Å²) in [6, 6.07) is 20.6. The smallest absolute Gasteiger partial charge is 0.0594 e. The van der Waals surface area contributed by atoms with Crippen molar-refractivity contribution < 1.29 is 4.74 Å². The quantitative estimate of drug-likeness (QED) is 0.840. The van der Waals surface area contributed by atoms with Gasteiger partial charge in [-0.3, -0.25) is 4.90 Å². The van der Waals surface area contributed by atoms with E-state index in [2.05, 4.69) is 59.5 Å². The van der Waals surface area contributed by atoms with Crippen LogP contribution in [0.15, 0.2) is 54.6 Å². The van der Waals surface area contributed by atoms with Crippen LogP contribution in [-0.4, -0.2) is 37.2 Å². The molecule has 2 aliphatic rings. The molecule has 0 spiro atoms. The Labute approximate surface area is 132 Å². The van der Waals surface area contributed by atoms with Crippen LogP contribution in [-0.2, 0) is 11.2 Å². The maximum absolute atomic E-state index is 5.53. The topological polar surface area (TPSA) is 12.5 Å². The summed E-state index contributed by atoms with van der Waals surface area (Å²) < 4.78 is 5.53. The molecule has 0 unspecified atom stereocenters. The van der Waals surface area contributed by atoms with Gasteiger partial charge in [-0.2, -0.15) is 0 Å². The summed E-state index contributed by atoms with van der Waals surface area (Å²) in [7, 11) is 0. The first-order valence-corrected chi connectivity index (χ1v) is 8.36. The maximum Gasteiger partial charge on any atom is 0.0594 e. The van der Waals surface area contributed by atoms with Crippen molar-refractivity contribution in [3.63, 3.8) is 0 Å². The monoisotopic (exact) mass is 293 g/mol. The number of fused-ring (bicyclic) bond motifs is 1. The SMILES string of the molecule is c1ccc([C@H]2C[C@H](N3CCOCC3)Cc3ccccc32)cc1. The van der Waals surface area contributed by atoms with Crippen LogP contribution in [0.1, 0.15) is 29.0 Å². The largest absolute Gasteiger partial charge is 0.379 e. The predicted octanol–water partition coefficient (Wildman–Crippen LogP) is 3.47. The van der Waals surface area contributed by atoms with Crippen LogP contribution in [0.4, 0.5) is 0 Å². The number of morpholine rings is 1. The summed E-state index contributed by atoms with van der Waals surface area (Å²) >= 11 is 0. The van der Waals surface area contributed by atoms with Gasteiger partial charge >= 0.3 is 0 Å². The second kappa shape index (κ2) is 6.23. The lowest BCUT2D eigenvalue weighted by Gasteiger charge is -2.40. The Kier molecular flexibility index (Phi) is 3.96. The van der Waals surface area contributed by atoms with E-state index in [0.29, 0.717) is 12.0 Å². The predicted molar refractivity (Wildman–Crippen MR) is 89.2 cm³/mol. The maximum atomic E-state index is 5.53. The molecule has 0 aromatic heterocycles. The molecular weight excluding hydrogens is 270 g/mol. The van der Waals surface area contributed by atoms with Crippen LogP contribution in [0.25, 0.3) is 0 Å². The summed E-state index contributed by atoms with van der Waals surface area (Å²) in [5.41, 5.74) is 4.50. The molecule has 1 heterocycles. The summed E-state index contributed by atoms with van der Waals surface area (Å²) in [6.07, 6.45) is 2.40. The van der Waals surface area contributed by atoms with Gasteiger partial charge in [-0.1, -0.05) is 54.6 Å². The number of rotatable bonds is 2. The fourth-order valence-corrected chi connectivity index (χ4v) is 4.02. The minimum absolute atomic E-state index is 0.527. The molecule has 1 aliphatic heterocycles. The third-order valence-corrected chi connectivity index (χ3v) is 5.16. The highest BCUT2D eigenvalue weighted by atomic mass is 16.5. The highest BCUT2D eigenvalue weighted by Crippen LogP contribution is 2.38. The van der Waals surface area contributed by atoms with E-state index in [4.69, 9.17) is 4.74 Å². The molecule has 2 heteroatoms. The molecule has 2 aromatic carbocycles. The fourth-order valence-electron chi connectivity index (χ4n) is 4.02. The van der Waals surface area contributed by atoms with Gasteiger partial charge in [0.2, 0.25) is 0 Å². The zero-order valence-corrected chi connectivity index (χ0v) is 12.9. The molecule has 2 aromatic rings. The lowest BCUT2D eigenvalue weighted by atomic mass is 9.76. The van der Waals surface area contributed by atoms with Gasteiger partial charge in [0.25, 0.3) is 0 Å². The minimum Gasteiger partial charge on any atom is -0.379 e. The van der Waals surface area contributed by atoms with E-state index in [1.807, 2.05) is 0 Å². The minimum atomic E-state index is 0.527. The Balaban J connectivity index is 1.67. The van der Waals surface area contributed by atoms with E-state index >= 15 is 0 Å². The van der Waals surface area contributed by atoms with Gasteiger partial charge in [-0.05, 0) is 29.5 Å². The summed E-state index contributed by atoms with van der Waals surface area (Å²) in [5, 5.41) is 0. The van der Waals surface area contributed by atoms with Crippen molar-refractivity contribution in [2.45, 2.75) is 24.8 Å². The van der Waals surface area contributed by atoms with Gasteiger partial charge in [-0.15, -0.1) is 0 Å². The summed E-state index contributed by atoms with van der Waals surface area (Å²) in [5.74, 6) is 0.527. The zero-order chi connectivity index (χ0) is 14.8. The van der Waals surface area contributed by atoms with E-state index < -0.39 is 0 Å². The Morgan fingerprint density at radius 2 is 1.59 bits per heavy atom. The van der Waals surface area contributed by atoms with E-state index in [1.165, 1.54) is 29.5 Å². The molecular formula is C20H23NO. The average molecular weight is 293 g/mol. The molecule has 1 aliphatic carbocycles.